The Hall–Kier alpha value is -2.59. The summed E-state index contributed by atoms with van der Waals surface area (Å²) in [4.78, 5) is 30.2. The van der Waals surface area contributed by atoms with Gasteiger partial charge in [0.15, 0.2) is 0 Å². The molecular formula is C23H23ClN2O2. The van der Waals surface area contributed by atoms with Gasteiger partial charge in [0, 0.05) is 18.1 Å². The van der Waals surface area contributed by atoms with Gasteiger partial charge in [-0.25, -0.2) is 0 Å². The standard InChI is InChI=1S/C23H23ClN2O2/c1-16-6-5-13-25(14-16)21-20(18-9-11-19(24)12-10-18)22(27)26(23(21)28)15-17-7-3-2-4-8-17/h2-4,7-12,16H,5-6,13-15H2,1H3. The van der Waals surface area contributed by atoms with Gasteiger partial charge < -0.3 is 4.90 Å². The van der Waals surface area contributed by atoms with Crippen molar-refractivity contribution in [2.24, 2.45) is 5.92 Å². The van der Waals surface area contributed by atoms with Gasteiger partial charge in [-0.15, -0.1) is 0 Å². The van der Waals surface area contributed by atoms with E-state index in [1.165, 1.54) is 4.90 Å². The molecule has 2 heterocycles. The third-order valence-electron chi connectivity index (χ3n) is 5.43. The Bertz CT molecular complexity index is 921. The normalized spacial score (nSPS) is 20.3. The number of amides is 2. The van der Waals surface area contributed by atoms with Crippen LogP contribution < -0.4 is 0 Å². The molecule has 2 amide bonds. The minimum atomic E-state index is -0.232. The molecule has 0 bridgehead atoms. The number of likely N-dealkylation sites (tertiary alicyclic amines) is 1. The number of imide groups is 1. The molecule has 5 heteroatoms. The Morgan fingerprint density at radius 2 is 1.71 bits per heavy atom. The topological polar surface area (TPSA) is 40.6 Å². The Kier molecular flexibility index (Phi) is 5.23. The first kappa shape index (κ1) is 18.8. The van der Waals surface area contributed by atoms with Crippen molar-refractivity contribution in [1.82, 2.24) is 9.80 Å². The number of piperidine rings is 1. The maximum absolute atomic E-state index is 13.4. The van der Waals surface area contributed by atoms with E-state index in [0.29, 0.717) is 22.2 Å². The number of nitrogens with zero attached hydrogens (tertiary/aromatic N) is 2. The highest BCUT2D eigenvalue weighted by Gasteiger charge is 2.42. The molecule has 1 atom stereocenters. The molecule has 0 saturated carbocycles. The van der Waals surface area contributed by atoms with Crippen molar-refractivity contribution in [2.75, 3.05) is 13.1 Å². The third kappa shape index (κ3) is 3.57. The van der Waals surface area contributed by atoms with Crippen molar-refractivity contribution in [3.05, 3.63) is 76.4 Å². The van der Waals surface area contributed by atoms with Gasteiger partial charge in [-0.1, -0.05) is 61.0 Å². The molecule has 2 aromatic rings. The molecule has 1 fully saturated rings. The molecule has 1 saturated heterocycles. The monoisotopic (exact) mass is 394 g/mol. The van der Waals surface area contributed by atoms with Gasteiger partial charge in [0.2, 0.25) is 0 Å². The van der Waals surface area contributed by atoms with Crippen LogP contribution in [0.15, 0.2) is 60.3 Å². The van der Waals surface area contributed by atoms with Crippen LogP contribution in [-0.4, -0.2) is 34.7 Å². The second-order valence-corrected chi connectivity index (χ2v) is 8.04. The van der Waals surface area contributed by atoms with Gasteiger partial charge in [0.25, 0.3) is 11.8 Å². The summed E-state index contributed by atoms with van der Waals surface area (Å²) in [6.07, 6.45) is 2.18. The first-order valence-corrected chi connectivity index (χ1v) is 10.1. The molecule has 0 radical (unpaired) electrons. The second-order valence-electron chi connectivity index (χ2n) is 7.61. The van der Waals surface area contributed by atoms with Crippen molar-refractivity contribution >= 4 is 29.0 Å². The first-order chi connectivity index (χ1) is 13.5. The van der Waals surface area contributed by atoms with Crippen LogP contribution in [0.2, 0.25) is 5.02 Å². The van der Waals surface area contributed by atoms with Gasteiger partial charge >= 0.3 is 0 Å². The maximum Gasteiger partial charge on any atom is 0.278 e. The van der Waals surface area contributed by atoms with Crippen LogP contribution in [0.25, 0.3) is 5.57 Å². The van der Waals surface area contributed by atoms with E-state index < -0.39 is 0 Å². The maximum atomic E-state index is 13.4. The van der Waals surface area contributed by atoms with E-state index in [9.17, 15) is 9.59 Å². The number of hydrogen-bond donors (Lipinski definition) is 0. The highest BCUT2D eigenvalue weighted by atomic mass is 35.5. The van der Waals surface area contributed by atoms with E-state index in [1.54, 1.807) is 12.1 Å². The van der Waals surface area contributed by atoms with Gasteiger partial charge in [0.05, 0.1) is 12.1 Å². The highest BCUT2D eigenvalue weighted by molar-refractivity contribution is 6.35. The lowest BCUT2D eigenvalue weighted by molar-refractivity contribution is -0.138. The fraction of sp³-hybridized carbons (Fsp3) is 0.304. The largest absolute Gasteiger partial charge is 0.366 e. The molecule has 4 rings (SSSR count). The Balaban J connectivity index is 1.74. The van der Waals surface area contributed by atoms with Crippen LogP contribution in [0.3, 0.4) is 0 Å². The van der Waals surface area contributed by atoms with E-state index in [2.05, 4.69) is 11.8 Å². The van der Waals surface area contributed by atoms with Gasteiger partial charge in [-0.3, -0.25) is 14.5 Å². The fourth-order valence-electron chi connectivity index (χ4n) is 4.04. The third-order valence-corrected chi connectivity index (χ3v) is 5.69. The van der Waals surface area contributed by atoms with Crippen LogP contribution in [0.5, 0.6) is 0 Å². The van der Waals surface area contributed by atoms with Crippen molar-refractivity contribution < 1.29 is 9.59 Å². The van der Waals surface area contributed by atoms with Crippen LogP contribution in [-0.2, 0) is 16.1 Å². The summed E-state index contributed by atoms with van der Waals surface area (Å²) in [7, 11) is 0. The Morgan fingerprint density at radius 3 is 2.39 bits per heavy atom. The molecule has 2 aliphatic rings. The lowest BCUT2D eigenvalue weighted by Crippen LogP contribution is -2.39. The van der Waals surface area contributed by atoms with Crippen molar-refractivity contribution in [1.29, 1.82) is 0 Å². The number of carbonyl (C=O) groups is 2. The number of rotatable bonds is 4. The predicted octanol–water partition coefficient (Wildman–Crippen LogP) is 4.35. The van der Waals surface area contributed by atoms with E-state index >= 15 is 0 Å². The summed E-state index contributed by atoms with van der Waals surface area (Å²) in [6.45, 7) is 4.07. The lowest BCUT2D eigenvalue weighted by Gasteiger charge is -2.33. The molecule has 0 aliphatic carbocycles. The van der Waals surface area contributed by atoms with Crippen molar-refractivity contribution in [3.8, 4) is 0 Å². The van der Waals surface area contributed by atoms with Crippen LogP contribution in [0.4, 0.5) is 0 Å². The number of hydrogen-bond acceptors (Lipinski definition) is 3. The van der Waals surface area contributed by atoms with Crippen LogP contribution in [0.1, 0.15) is 30.9 Å². The predicted molar refractivity (Wildman–Crippen MR) is 110 cm³/mol. The summed E-state index contributed by atoms with van der Waals surface area (Å²) in [6, 6.07) is 16.8. The van der Waals surface area contributed by atoms with Crippen LogP contribution in [0, 0.1) is 5.92 Å². The summed E-state index contributed by atoms with van der Waals surface area (Å²) in [5, 5.41) is 0.607. The highest BCUT2D eigenvalue weighted by Crippen LogP contribution is 2.35. The Labute approximate surface area is 170 Å². The van der Waals surface area contributed by atoms with E-state index in [4.69, 9.17) is 11.6 Å². The summed E-state index contributed by atoms with van der Waals surface area (Å²) in [5.41, 5.74) is 2.71. The quantitative estimate of drug-likeness (QED) is 0.724. The summed E-state index contributed by atoms with van der Waals surface area (Å²) in [5.74, 6) is 0.0658. The zero-order valence-corrected chi connectivity index (χ0v) is 16.7. The average molecular weight is 395 g/mol. The van der Waals surface area contributed by atoms with Gasteiger partial charge in [0.1, 0.15) is 5.70 Å². The van der Waals surface area contributed by atoms with Crippen molar-refractivity contribution in [3.63, 3.8) is 0 Å². The van der Waals surface area contributed by atoms with Gasteiger partial charge in [-0.2, -0.15) is 0 Å². The SMILES string of the molecule is CC1CCCN(C2=C(c3ccc(Cl)cc3)C(=O)N(Cc3ccccc3)C2=O)C1. The molecule has 0 spiro atoms. The smallest absolute Gasteiger partial charge is 0.278 e. The molecule has 2 aliphatic heterocycles. The molecule has 28 heavy (non-hydrogen) atoms. The summed E-state index contributed by atoms with van der Waals surface area (Å²) < 4.78 is 0. The van der Waals surface area contributed by atoms with Crippen LogP contribution >= 0.6 is 11.6 Å². The molecule has 2 aromatic carbocycles. The molecule has 1 unspecified atom stereocenters. The zero-order chi connectivity index (χ0) is 19.7. The number of carbonyl (C=O) groups excluding carboxylic acids is 2. The Morgan fingerprint density at radius 1 is 1.00 bits per heavy atom. The molecule has 0 N–H and O–H groups in total. The van der Waals surface area contributed by atoms with Gasteiger partial charge in [-0.05, 0) is 42.0 Å². The summed E-state index contributed by atoms with van der Waals surface area (Å²) >= 11 is 6.03. The fourth-order valence-corrected chi connectivity index (χ4v) is 4.16. The van der Waals surface area contributed by atoms with E-state index in [0.717, 1.165) is 37.1 Å². The van der Waals surface area contributed by atoms with Crippen molar-refractivity contribution in [2.45, 2.75) is 26.3 Å². The number of halogens is 1. The first-order valence-electron chi connectivity index (χ1n) is 9.70. The lowest BCUT2D eigenvalue weighted by atomic mass is 9.98. The minimum Gasteiger partial charge on any atom is -0.366 e. The zero-order valence-electron chi connectivity index (χ0n) is 15.9. The van der Waals surface area contributed by atoms with E-state index in [1.807, 2.05) is 42.5 Å². The molecule has 4 nitrogen and oxygen atoms in total. The minimum absolute atomic E-state index is 0.201. The van der Waals surface area contributed by atoms with E-state index in [-0.39, 0.29) is 18.4 Å². The molecule has 0 aromatic heterocycles. The number of benzene rings is 2. The second kappa shape index (κ2) is 7.80. The molecule has 144 valence electrons. The average Bonchev–Trinajstić information content (AvgIpc) is 2.94. The molecular weight excluding hydrogens is 372 g/mol.